The normalized spacial score (nSPS) is 26.6. The molecule has 4 rings (SSSR count). The number of likely N-dealkylation sites (tertiary alicyclic amines) is 1. The molecule has 4 fully saturated rings. The van der Waals surface area contributed by atoms with Gasteiger partial charge in [-0.15, -0.1) is 0 Å². The van der Waals surface area contributed by atoms with Crippen LogP contribution in [0.4, 0.5) is 0 Å². The lowest BCUT2D eigenvalue weighted by molar-refractivity contribution is -0.282. The van der Waals surface area contributed by atoms with Crippen molar-refractivity contribution in [1.29, 1.82) is 0 Å². The van der Waals surface area contributed by atoms with Crippen LogP contribution in [0.15, 0.2) is 0 Å². The van der Waals surface area contributed by atoms with Gasteiger partial charge in [0.2, 0.25) is 17.7 Å². The number of aliphatic hydroxyl groups is 9. The van der Waals surface area contributed by atoms with E-state index in [1.54, 1.807) is 25.7 Å². The molecule has 18 atom stereocenters. The van der Waals surface area contributed by atoms with Gasteiger partial charge in [-0.2, -0.15) is 0 Å². The van der Waals surface area contributed by atoms with E-state index in [9.17, 15) is 93.8 Å². The van der Waals surface area contributed by atoms with Crippen LogP contribution in [0.5, 0.6) is 0 Å². The minimum atomic E-state index is -4.17. The lowest BCUT2D eigenvalue weighted by Crippen LogP contribution is -2.55. The van der Waals surface area contributed by atoms with Gasteiger partial charge in [-0.1, -0.05) is 79.1 Å². The number of phosphoric acid groups is 1. The highest BCUT2D eigenvalue weighted by atomic mass is 31.2. The second-order valence-electron chi connectivity index (χ2n) is 32.4. The van der Waals surface area contributed by atoms with Gasteiger partial charge in [-0.05, 0) is 95.8 Å². The molecule has 0 spiro atoms. The molecule has 12 N–H and O–H groups in total. The van der Waals surface area contributed by atoms with Gasteiger partial charge in [0.25, 0.3) is 0 Å². The first-order valence-corrected chi connectivity index (χ1v) is 44.5. The summed E-state index contributed by atoms with van der Waals surface area (Å²) in [5.74, 6) is -1.77. The Hall–Kier alpha value is -3.85. The molecule has 0 aliphatic carbocycles. The predicted molar refractivity (Wildman–Crippen MR) is 424 cm³/mol. The van der Waals surface area contributed by atoms with Crippen molar-refractivity contribution in [3.8, 4) is 0 Å². The zero-order valence-electron chi connectivity index (χ0n) is 69.9. The average Bonchev–Trinajstić information content (AvgIpc) is 1.41. The molecule has 4 saturated heterocycles. The van der Waals surface area contributed by atoms with E-state index in [0.717, 1.165) is 45.6 Å². The Morgan fingerprint density at radius 1 is 0.414 bits per heavy atom. The molecule has 0 bridgehead atoms. The summed E-state index contributed by atoms with van der Waals surface area (Å²) in [6, 6.07) is -0.297. The van der Waals surface area contributed by atoms with Crippen molar-refractivity contribution < 1.29 is 145 Å². The van der Waals surface area contributed by atoms with Crippen molar-refractivity contribution in [2.24, 2.45) is 29.1 Å². The zero-order valence-corrected chi connectivity index (χ0v) is 70.8. The maximum atomic E-state index is 14.2. The third-order valence-electron chi connectivity index (χ3n) is 22.2. The Balaban J connectivity index is 1.28. The van der Waals surface area contributed by atoms with Crippen molar-refractivity contribution in [1.82, 2.24) is 15.5 Å². The lowest BCUT2D eigenvalue weighted by Gasteiger charge is -2.40. The molecule has 17 unspecified atom stereocenters. The highest BCUT2D eigenvalue weighted by molar-refractivity contribution is 7.47. The highest BCUT2D eigenvalue weighted by Crippen LogP contribution is 2.43. The number of unbranched alkanes of at least 4 members (excludes halogenated alkanes) is 14. The maximum absolute atomic E-state index is 14.2. The summed E-state index contributed by atoms with van der Waals surface area (Å²) in [5.41, 5.74) is -1.10. The molecular weight excluding hydrogens is 1540 g/mol. The fourth-order valence-electron chi connectivity index (χ4n) is 14.8. The standard InChI is InChI=1S/C82H146N3O30P/c1-57-47-61(53-112-116(103,104)105-5)85(49-57)72(96)35-19-11-9-7-6-8-10-14-33-66(93)48-82(54-106-44-36-64(91)29-17-12-15-27-62(89)31-20-23-41-109-79-58(2)73(97)76(100)67(50-86)113-79,55-107-45-37-65(92)30-18-13-16-28-63(90)32-21-24-42-110-80-59(3)74(98)77(101)68(51-87)114-80)56-108-46-38-71(95)84-40-26-39-83-70(94)34-22-25-43-111-81-60(4)75(99)78(102)69(52-88)115-81/h57-61,67-69,73-81,86-88,97-102H,6-56H2,1-5H3,(H,83,94)(H,84,95)(H,103,104)/t57-,58?,59?,60?,61?,67?,68?,69?,73?,74?,75?,76?,77?,78?,79?,80?,81?,82?/m1/s1. The number of amides is 3. The molecule has 0 aromatic heterocycles. The molecule has 116 heavy (non-hydrogen) atoms. The van der Waals surface area contributed by atoms with Gasteiger partial charge < -0.3 is 109 Å². The Kier molecular flexibility index (Phi) is 53.9. The van der Waals surface area contributed by atoms with Gasteiger partial charge in [0.05, 0.1) is 90.4 Å². The van der Waals surface area contributed by atoms with Crippen LogP contribution < -0.4 is 10.6 Å². The number of hydrogen-bond donors (Lipinski definition) is 12. The first-order valence-electron chi connectivity index (χ1n) is 43.0. The number of ether oxygens (including phenoxy) is 9. The van der Waals surface area contributed by atoms with E-state index in [0.29, 0.717) is 148 Å². The Morgan fingerprint density at radius 2 is 0.741 bits per heavy atom. The van der Waals surface area contributed by atoms with Crippen LogP contribution in [-0.4, -0.2) is 295 Å². The first-order chi connectivity index (χ1) is 55.6. The highest BCUT2D eigenvalue weighted by Gasteiger charge is 2.45. The van der Waals surface area contributed by atoms with E-state index < -0.39 is 125 Å². The molecule has 674 valence electrons. The molecule has 4 aliphatic rings. The summed E-state index contributed by atoms with van der Waals surface area (Å²) in [6.07, 6.45) is 5.47. The summed E-state index contributed by atoms with van der Waals surface area (Å²) in [6.45, 7) is 7.37. The van der Waals surface area contributed by atoms with Crippen molar-refractivity contribution >= 4 is 54.5 Å². The molecule has 0 aromatic rings. The molecular formula is C82H146N3O30P. The van der Waals surface area contributed by atoms with E-state index >= 15 is 0 Å². The molecule has 4 heterocycles. The van der Waals surface area contributed by atoms with Crippen molar-refractivity contribution in [3.05, 3.63) is 0 Å². The number of carbonyl (C=O) groups is 8. The number of phosphoric ester groups is 1. The number of aliphatic hydroxyl groups excluding tert-OH is 9. The molecule has 34 heteroatoms. The summed E-state index contributed by atoms with van der Waals surface area (Å²) in [7, 11) is -3.08. The number of hydrogen-bond acceptors (Lipinski definition) is 29. The number of rotatable bonds is 69. The van der Waals surface area contributed by atoms with E-state index in [2.05, 4.69) is 15.2 Å². The number of carbonyl (C=O) groups excluding carboxylic acids is 8. The molecule has 0 saturated carbocycles. The van der Waals surface area contributed by atoms with Gasteiger partial charge >= 0.3 is 7.82 Å². The van der Waals surface area contributed by atoms with E-state index in [1.807, 2.05) is 6.92 Å². The van der Waals surface area contributed by atoms with Crippen LogP contribution in [0.2, 0.25) is 0 Å². The SMILES string of the molecule is COP(=O)(O)OCC1C[C@@H](C)CN1C(=O)CCCCCCCCCCC(=O)CC(COCCC(=O)CCCCCC(=O)CCCCOC1OC(CO)C(O)C(O)C1C)(COCCC(=O)CCCCCC(=O)CCCCOC1OC(CO)C(O)C(O)C1C)COCCC(=O)NCCCNC(=O)CCCCOC1OC(CO)C(O)C(O)C1C. The van der Waals surface area contributed by atoms with Crippen LogP contribution in [0.1, 0.15) is 252 Å². The van der Waals surface area contributed by atoms with Crippen molar-refractivity contribution in [3.63, 3.8) is 0 Å². The van der Waals surface area contributed by atoms with Crippen LogP contribution in [0.25, 0.3) is 0 Å². The maximum Gasteiger partial charge on any atom is 0.471 e. The van der Waals surface area contributed by atoms with Crippen molar-refractivity contribution in [2.45, 2.75) is 332 Å². The smallest absolute Gasteiger partial charge is 0.394 e. The number of Topliss-reactive ketones (excluding diaryl/α,β-unsaturated/α-hetero) is 5. The van der Waals surface area contributed by atoms with Crippen molar-refractivity contribution in [2.75, 3.05) is 113 Å². The molecule has 0 aromatic carbocycles. The topological polar surface area (TPSA) is 485 Å². The molecule has 0 radical (unpaired) electrons. The minimum absolute atomic E-state index is 0.00659. The number of ketones is 5. The van der Waals surface area contributed by atoms with Gasteiger partial charge in [-0.25, -0.2) is 4.57 Å². The summed E-state index contributed by atoms with van der Waals surface area (Å²) in [4.78, 5) is 117. The molecule has 4 aliphatic heterocycles. The third-order valence-corrected chi connectivity index (χ3v) is 23.2. The van der Waals surface area contributed by atoms with Crippen LogP contribution in [0.3, 0.4) is 0 Å². The van der Waals surface area contributed by atoms with Gasteiger partial charge in [0.1, 0.15) is 65.5 Å². The Labute approximate surface area is 686 Å². The summed E-state index contributed by atoms with van der Waals surface area (Å²) < 4.78 is 74.4. The first kappa shape index (κ1) is 104. The van der Waals surface area contributed by atoms with Gasteiger partial charge in [-0.3, -0.25) is 47.4 Å². The fraction of sp³-hybridized carbons (Fsp3) is 0.902. The second-order valence-corrected chi connectivity index (χ2v) is 34.0. The Morgan fingerprint density at radius 3 is 1.13 bits per heavy atom. The quantitative estimate of drug-likeness (QED) is 0.0259. The van der Waals surface area contributed by atoms with Crippen LogP contribution in [-0.2, 0) is 94.6 Å². The Bertz CT molecular complexity index is 2600. The number of nitrogens with zero attached hydrogens (tertiary/aromatic N) is 1. The van der Waals surface area contributed by atoms with Crippen LogP contribution >= 0.6 is 7.82 Å². The lowest BCUT2D eigenvalue weighted by atomic mass is 9.83. The van der Waals surface area contributed by atoms with Gasteiger partial charge in [0.15, 0.2) is 18.9 Å². The monoisotopic (exact) mass is 1680 g/mol. The summed E-state index contributed by atoms with van der Waals surface area (Å²) in [5, 5.41) is 95.5. The second kappa shape index (κ2) is 59.8. The molecule has 33 nitrogen and oxygen atoms in total. The largest absolute Gasteiger partial charge is 0.471 e. The summed E-state index contributed by atoms with van der Waals surface area (Å²) >= 11 is 0. The minimum Gasteiger partial charge on any atom is -0.394 e. The fourth-order valence-corrected chi connectivity index (χ4v) is 15.2. The van der Waals surface area contributed by atoms with E-state index in [1.165, 1.54) is 0 Å². The zero-order chi connectivity index (χ0) is 85.3. The van der Waals surface area contributed by atoms with Gasteiger partial charge in [0, 0.05) is 153 Å². The van der Waals surface area contributed by atoms with Crippen LogP contribution in [0, 0.1) is 29.1 Å². The number of nitrogens with one attached hydrogen (secondary N) is 2. The molecule has 3 amide bonds. The van der Waals surface area contributed by atoms with E-state index in [-0.39, 0.29) is 183 Å². The predicted octanol–water partition coefficient (Wildman–Crippen LogP) is 5.64. The van der Waals surface area contributed by atoms with E-state index in [4.69, 9.17) is 47.2 Å². The third kappa shape index (κ3) is 41.8. The average molecular weight is 1690 g/mol.